The van der Waals surface area contributed by atoms with Gasteiger partial charge < -0.3 is 19.6 Å². The summed E-state index contributed by atoms with van der Waals surface area (Å²) in [6, 6.07) is 115. The number of para-hydroxylation sites is 7. The van der Waals surface area contributed by atoms with Crippen LogP contribution in [0.25, 0.3) is 44.7 Å². The predicted molar refractivity (Wildman–Crippen MR) is 335 cm³/mol. The molecule has 0 bridgehead atoms. The van der Waals surface area contributed by atoms with Crippen molar-refractivity contribution in [1.82, 2.24) is 9.97 Å². The highest BCUT2D eigenvalue weighted by Gasteiger charge is 2.21. The molecule has 0 aliphatic rings. The van der Waals surface area contributed by atoms with Crippen LogP contribution in [-0.2, 0) is 0 Å². The molecule has 80 heavy (non-hydrogen) atoms. The van der Waals surface area contributed by atoms with Crippen LogP contribution < -0.4 is 19.6 Å². The summed E-state index contributed by atoms with van der Waals surface area (Å²) in [5.74, 6) is 0. The Balaban J connectivity index is 0.879. The number of rotatable bonds is 15. The quantitative estimate of drug-likeness (QED) is 0.102. The zero-order valence-corrected chi connectivity index (χ0v) is 43.9. The molecule has 1 heterocycles. The van der Waals surface area contributed by atoms with E-state index < -0.39 is 0 Å². The molecule has 13 aromatic rings. The van der Waals surface area contributed by atoms with E-state index in [0.29, 0.717) is 0 Å². The number of benzene rings is 12. The van der Waals surface area contributed by atoms with Crippen LogP contribution in [0.3, 0.4) is 0 Å². The van der Waals surface area contributed by atoms with Gasteiger partial charge in [0.25, 0.3) is 0 Å². The molecule has 0 radical (unpaired) electrons. The molecule has 0 aliphatic heterocycles. The number of anilines is 12. The molecule has 0 fully saturated rings. The van der Waals surface area contributed by atoms with Crippen molar-refractivity contribution in [3.63, 3.8) is 0 Å². The molecule has 0 N–H and O–H groups in total. The Bertz CT molecular complexity index is 4040. The molecular formula is C74H54N6. The molecule has 1 aromatic heterocycles. The van der Waals surface area contributed by atoms with Crippen molar-refractivity contribution in [2.75, 3.05) is 19.6 Å². The van der Waals surface area contributed by atoms with Gasteiger partial charge in [0.2, 0.25) is 0 Å². The lowest BCUT2D eigenvalue weighted by Crippen LogP contribution is -2.12. The van der Waals surface area contributed by atoms with Crippen LogP contribution >= 0.6 is 0 Å². The number of fused-ring (bicyclic) bond motifs is 1. The second-order valence-electron chi connectivity index (χ2n) is 19.4. The molecule has 0 aliphatic carbocycles. The van der Waals surface area contributed by atoms with Gasteiger partial charge in [-0.25, -0.2) is 9.97 Å². The van der Waals surface area contributed by atoms with Crippen molar-refractivity contribution in [2.45, 2.75) is 0 Å². The summed E-state index contributed by atoms with van der Waals surface area (Å²) in [4.78, 5) is 20.3. The molecule has 0 atom stereocenters. The van der Waals surface area contributed by atoms with Gasteiger partial charge >= 0.3 is 0 Å². The van der Waals surface area contributed by atoms with E-state index in [-0.39, 0.29) is 0 Å². The lowest BCUT2D eigenvalue weighted by Gasteiger charge is -2.28. The van der Waals surface area contributed by atoms with Gasteiger partial charge in [-0.15, -0.1) is 0 Å². The largest absolute Gasteiger partial charge is 0.311 e. The van der Waals surface area contributed by atoms with Gasteiger partial charge in [-0.3, -0.25) is 0 Å². The third kappa shape index (κ3) is 10.0. The van der Waals surface area contributed by atoms with E-state index in [1.165, 1.54) is 0 Å². The first-order chi connectivity index (χ1) is 39.7. The van der Waals surface area contributed by atoms with Crippen molar-refractivity contribution in [1.29, 1.82) is 0 Å². The summed E-state index contributed by atoms with van der Waals surface area (Å²) in [6.07, 6.45) is 0. The van der Waals surface area contributed by atoms with Crippen molar-refractivity contribution in [2.24, 2.45) is 0 Å². The summed E-state index contributed by atoms with van der Waals surface area (Å²) >= 11 is 0. The third-order valence-corrected chi connectivity index (χ3v) is 14.4. The van der Waals surface area contributed by atoms with Gasteiger partial charge in [-0.1, -0.05) is 176 Å². The molecule has 0 saturated carbocycles. The van der Waals surface area contributed by atoms with E-state index in [0.717, 1.165) is 113 Å². The van der Waals surface area contributed by atoms with E-state index in [2.05, 4.69) is 341 Å². The highest BCUT2D eigenvalue weighted by atomic mass is 15.2. The van der Waals surface area contributed by atoms with Crippen LogP contribution in [0.15, 0.2) is 328 Å². The van der Waals surface area contributed by atoms with Crippen LogP contribution in [0.4, 0.5) is 68.2 Å². The van der Waals surface area contributed by atoms with E-state index in [1.807, 2.05) is 6.07 Å². The number of aromatic nitrogens is 2. The molecule has 0 amide bonds. The van der Waals surface area contributed by atoms with Gasteiger partial charge in [0.15, 0.2) is 0 Å². The summed E-state index contributed by atoms with van der Waals surface area (Å²) < 4.78 is 0. The Labute approximate surface area is 467 Å². The molecule has 12 aromatic carbocycles. The van der Waals surface area contributed by atoms with E-state index in [9.17, 15) is 0 Å². The number of hydrogen-bond acceptors (Lipinski definition) is 6. The summed E-state index contributed by atoms with van der Waals surface area (Å²) in [5.41, 5.74) is 20.0. The van der Waals surface area contributed by atoms with Gasteiger partial charge in [0.05, 0.1) is 22.4 Å². The monoisotopic (exact) mass is 1030 g/mol. The fourth-order valence-electron chi connectivity index (χ4n) is 10.6. The molecule has 6 nitrogen and oxygen atoms in total. The highest BCUT2D eigenvalue weighted by molar-refractivity contribution is 5.96. The number of hydrogen-bond donors (Lipinski definition) is 0. The zero-order chi connectivity index (χ0) is 53.5. The van der Waals surface area contributed by atoms with Gasteiger partial charge in [0.1, 0.15) is 0 Å². The van der Waals surface area contributed by atoms with Crippen LogP contribution in [0, 0.1) is 0 Å². The normalized spacial score (nSPS) is 11.0. The average Bonchev–Trinajstić information content (AvgIpc) is 3.66. The van der Waals surface area contributed by atoms with Crippen LogP contribution in [-0.4, -0.2) is 9.97 Å². The van der Waals surface area contributed by atoms with E-state index in [4.69, 9.17) is 9.97 Å². The summed E-state index contributed by atoms with van der Waals surface area (Å²) in [7, 11) is 0. The third-order valence-electron chi connectivity index (χ3n) is 14.4. The second-order valence-corrected chi connectivity index (χ2v) is 19.4. The SMILES string of the molecule is c1ccc(-c2cccc3nc(-c4ccc(N(c5ccccc5)c5ccc(N(c6ccccc6)c6ccccc6)cc5)cc4)c(-c4ccc(N(c5ccccc5)c5ccc(N(c6ccccc6)c6ccccc6)cc5)cc4)nc23)cc1. The fraction of sp³-hybridized carbons (Fsp3) is 0. The summed E-state index contributed by atoms with van der Waals surface area (Å²) in [6.45, 7) is 0. The highest BCUT2D eigenvalue weighted by Crippen LogP contribution is 2.43. The lowest BCUT2D eigenvalue weighted by atomic mass is 10.00. The minimum Gasteiger partial charge on any atom is -0.311 e. The molecular weight excluding hydrogens is 973 g/mol. The smallest absolute Gasteiger partial charge is 0.0973 e. The standard InChI is InChI=1S/C74H54N6/c1-8-23-55(24-9-1)70-37-22-38-71-74(70)76-73(57-41-45-65(46-42-57)80(63-35-20-7-21-36-63)69-53-49-67(50-54-69)78(60-29-14-4-15-30-60)61-31-16-5-17-32-61)72(75-71)56-39-43-64(44-40-56)79(62-33-18-6-19-34-62)68-51-47-66(48-52-68)77(58-25-10-2-11-26-58)59-27-12-3-13-28-59/h1-54H. The predicted octanol–water partition coefficient (Wildman–Crippen LogP) is 20.5. The minimum absolute atomic E-state index is 0.801. The number of nitrogens with zero attached hydrogens (tertiary/aromatic N) is 6. The van der Waals surface area contributed by atoms with Crippen LogP contribution in [0.1, 0.15) is 0 Å². The lowest BCUT2D eigenvalue weighted by molar-refractivity contribution is 1.25. The van der Waals surface area contributed by atoms with E-state index >= 15 is 0 Å². The average molecular weight is 1030 g/mol. The zero-order valence-electron chi connectivity index (χ0n) is 43.9. The van der Waals surface area contributed by atoms with Crippen LogP contribution in [0.2, 0.25) is 0 Å². The fourth-order valence-corrected chi connectivity index (χ4v) is 10.6. The maximum absolute atomic E-state index is 5.59. The van der Waals surface area contributed by atoms with E-state index in [1.54, 1.807) is 0 Å². The Morgan fingerprint density at radius 1 is 0.175 bits per heavy atom. The molecule has 380 valence electrons. The molecule has 0 unspecified atom stereocenters. The topological polar surface area (TPSA) is 38.7 Å². The Morgan fingerprint density at radius 2 is 0.412 bits per heavy atom. The Kier molecular flexibility index (Phi) is 13.7. The van der Waals surface area contributed by atoms with Gasteiger partial charge in [-0.2, -0.15) is 0 Å². The molecule has 13 rings (SSSR count). The van der Waals surface area contributed by atoms with Gasteiger partial charge in [-0.05, 0) is 157 Å². The molecule has 6 heteroatoms. The van der Waals surface area contributed by atoms with Crippen LogP contribution in [0.5, 0.6) is 0 Å². The maximum atomic E-state index is 5.59. The molecule has 0 saturated heterocycles. The van der Waals surface area contributed by atoms with Crippen molar-refractivity contribution >= 4 is 79.3 Å². The Morgan fingerprint density at radius 3 is 0.700 bits per heavy atom. The Hall–Kier alpha value is -10.8. The first-order valence-electron chi connectivity index (χ1n) is 27.0. The van der Waals surface area contributed by atoms with Crippen molar-refractivity contribution in [3.05, 3.63) is 328 Å². The first-order valence-corrected chi connectivity index (χ1v) is 27.0. The van der Waals surface area contributed by atoms with Gasteiger partial charge in [0, 0.05) is 84.9 Å². The van der Waals surface area contributed by atoms with Crippen molar-refractivity contribution in [3.8, 4) is 33.6 Å². The first kappa shape index (κ1) is 48.8. The second kappa shape index (κ2) is 22.4. The van der Waals surface area contributed by atoms with Crippen molar-refractivity contribution < 1.29 is 0 Å². The minimum atomic E-state index is 0.801. The summed E-state index contributed by atoms with van der Waals surface area (Å²) in [5, 5.41) is 0. The molecule has 0 spiro atoms. The maximum Gasteiger partial charge on any atom is 0.0973 e.